The Morgan fingerprint density at radius 1 is 1.23 bits per heavy atom. The lowest BCUT2D eigenvalue weighted by molar-refractivity contribution is 0.282. The standard InChI is InChI=1S/C8H15ClO3S/c9-13(11,12)8(5-6-8)4-2-1-3-7-10/h10H,1-7H2. The summed E-state index contributed by atoms with van der Waals surface area (Å²) in [5.41, 5.74) is 0. The maximum absolute atomic E-state index is 11.1. The summed E-state index contributed by atoms with van der Waals surface area (Å²) < 4.78 is 21.6. The van der Waals surface area contributed by atoms with Gasteiger partial charge in [0.2, 0.25) is 9.05 Å². The number of halogens is 1. The lowest BCUT2D eigenvalue weighted by atomic mass is 10.1. The van der Waals surface area contributed by atoms with Gasteiger partial charge in [-0.05, 0) is 25.7 Å². The van der Waals surface area contributed by atoms with E-state index in [0.29, 0.717) is 19.3 Å². The lowest BCUT2D eigenvalue weighted by Gasteiger charge is -2.09. The van der Waals surface area contributed by atoms with Crippen LogP contribution in [0.15, 0.2) is 0 Å². The first-order valence-electron chi connectivity index (χ1n) is 4.57. The zero-order chi connectivity index (χ0) is 9.95. The molecule has 1 fully saturated rings. The van der Waals surface area contributed by atoms with Crippen LogP contribution in [0.2, 0.25) is 0 Å². The van der Waals surface area contributed by atoms with E-state index in [4.69, 9.17) is 15.8 Å². The molecule has 5 heteroatoms. The number of unbranched alkanes of at least 4 members (excludes halogenated alkanes) is 2. The van der Waals surface area contributed by atoms with Crippen molar-refractivity contribution in [2.24, 2.45) is 0 Å². The molecule has 0 unspecified atom stereocenters. The fourth-order valence-electron chi connectivity index (χ4n) is 1.49. The first-order chi connectivity index (χ1) is 6.02. The molecule has 0 aliphatic heterocycles. The molecule has 78 valence electrons. The Bertz CT molecular complexity index is 257. The molecule has 1 saturated carbocycles. The summed E-state index contributed by atoms with van der Waals surface area (Å²) in [6.07, 6.45) is 4.53. The molecule has 0 atom stereocenters. The van der Waals surface area contributed by atoms with E-state index in [0.717, 1.165) is 19.3 Å². The smallest absolute Gasteiger partial charge is 0.238 e. The molecule has 3 nitrogen and oxygen atoms in total. The molecule has 0 aromatic heterocycles. The predicted octanol–water partition coefficient (Wildman–Crippen LogP) is 1.64. The van der Waals surface area contributed by atoms with Crippen LogP contribution in [0.25, 0.3) is 0 Å². The van der Waals surface area contributed by atoms with E-state index < -0.39 is 13.8 Å². The molecule has 1 rings (SSSR count). The van der Waals surface area contributed by atoms with Gasteiger partial charge in [-0.2, -0.15) is 0 Å². The minimum absolute atomic E-state index is 0.181. The Labute approximate surface area is 83.5 Å². The van der Waals surface area contributed by atoms with Gasteiger partial charge in [-0.25, -0.2) is 8.42 Å². The third-order valence-corrected chi connectivity index (χ3v) is 5.24. The third kappa shape index (κ3) is 2.82. The van der Waals surface area contributed by atoms with E-state index in [1.165, 1.54) is 0 Å². The van der Waals surface area contributed by atoms with Crippen LogP contribution in [-0.2, 0) is 9.05 Å². The molecule has 0 spiro atoms. The van der Waals surface area contributed by atoms with Gasteiger partial charge in [-0.3, -0.25) is 0 Å². The Hall–Kier alpha value is 0.200. The van der Waals surface area contributed by atoms with E-state index >= 15 is 0 Å². The molecule has 0 heterocycles. The van der Waals surface area contributed by atoms with Crippen molar-refractivity contribution < 1.29 is 13.5 Å². The van der Waals surface area contributed by atoms with Crippen LogP contribution < -0.4 is 0 Å². The van der Waals surface area contributed by atoms with Crippen LogP contribution in [0.1, 0.15) is 38.5 Å². The fraction of sp³-hybridized carbons (Fsp3) is 1.00. The zero-order valence-electron chi connectivity index (χ0n) is 7.50. The van der Waals surface area contributed by atoms with Gasteiger partial charge < -0.3 is 5.11 Å². The minimum atomic E-state index is -3.37. The summed E-state index contributed by atoms with van der Waals surface area (Å²) in [5.74, 6) is 0. The van der Waals surface area contributed by atoms with Gasteiger partial charge in [0.05, 0.1) is 4.75 Å². The van der Waals surface area contributed by atoms with Crippen LogP contribution >= 0.6 is 10.7 Å². The van der Waals surface area contributed by atoms with Crippen LogP contribution in [0.3, 0.4) is 0 Å². The molecule has 0 aromatic rings. The van der Waals surface area contributed by atoms with E-state index in [-0.39, 0.29) is 6.61 Å². The van der Waals surface area contributed by atoms with E-state index in [1.54, 1.807) is 0 Å². The number of aliphatic hydroxyl groups is 1. The Morgan fingerprint density at radius 3 is 2.23 bits per heavy atom. The van der Waals surface area contributed by atoms with Crippen molar-refractivity contribution in [1.29, 1.82) is 0 Å². The quantitative estimate of drug-likeness (QED) is 0.554. The second-order valence-corrected chi connectivity index (χ2v) is 6.62. The summed E-state index contributed by atoms with van der Waals surface area (Å²) in [7, 11) is 1.95. The van der Waals surface area contributed by atoms with Crippen molar-refractivity contribution in [2.45, 2.75) is 43.3 Å². The second kappa shape index (κ2) is 4.15. The van der Waals surface area contributed by atoms with Crippen LogP contribution in [0.5, 0.6) is 0 Å². The van der Waals surface area contributed by atoms with E-state index in [9.17, 15) is 8.42 Å². The molecule has 13 heavy (non-hydrogen) atoms. The summed E-state index contributed by atoms with van der Waals surface area (Å²) in [6.45, 7) is 0.181. The Balaban J connectivity index is 2.29. The third-order valence-electron chi connectivity index (χ3n) is 2.62. The topological polar surface area (TPSA) is 54.4 Å². The van der Waals surface area contributed by atoms with Crippen molar-refractivity contribution in [2.75, 3.05) is 6.61 Å². The molecular formula is C8H15ClO3S. The number of hydrogen-bond acceptors (Lipinski definition) is 3. The molecule has 0 radical (unpaired) electrons. The summed E-state index contributed by atoms with van der Waals surface area (Å²) in [6, 6.07) is 0. The summed E-state index contributed by atoms with van der Waals surface area (Å²) >= 11 is 0. The van der Waals surface area contributed by atoms with Crippen molar-refractivity contribution in [3.63, 3.8) is 0 Å². The Kier molecular flexibility index (Phi) is 3.60. The van der Waals surface area contributed by atoms with Gasteiger partial charge in [-0.1, -0.05) is 12.8 Å². The average molecular weight is 227 g/mol. The molecule has 0 saturated heterocycles. The van der Waals surface area contributed by atoms with E-state index in [1.807, 2.05) is 0 Å². The molecule has 1 N–H and O–H groups in total. The van der Waals surface area contributed by atoms with Crippen LogP contribution in [0, 0.1) is 0 Å². The highest BCUT2D eigenvalue weighted by atomic mass is 35.7. The minimum Gasteiger partial charge on any atom is -0.396 e. The highest BCUT2D eigenvalue weighted by Gasteiger charge is 2.52. The number of hydrogen-bond donors (Lipinski definition) is 1. The van der Waals surface area contributed by atoms with Gasteiger partial charge >= 0.3 is 0 Å². The average Bonchev–Trinajstić information content (AvgIpc) is 2.77. The number of rotatable bonds is 6. The molecule has 1 aliphatic carbocycles. The zero-order valence-corrected chi connectivity index (χ0v) is 9.07. The van der Waals surface area contributed by atoms with Crippen LogP contribution in [-0.4, -0.2) is 24.9 Å². The second-order valence-electron chi connectivity index (χ2n) is 3.66. The maximum Gasteiger partial charge on any atom is 0.238 e. The normalized spacial score (nSPS) is 20.2. The fourth-order valence-corrected chi connectivity index (χ4v) is 3.16. The molecule has 0 aromatic carbocycles. The predicted molar refractivity (Wildman–Crippen MR) is 52.3 cm³/mol. The molecule has 0 amide bonds. The van der Waals surface area contributed by atoms with Gasteiger partial charge in [0.15, 0.2) is 0 Å². The monoisotopic (exact) mass is 226 g/mol. The largest absolute Gasteiger partial charge is 0.396 e. The van der Waals surface area contributed by atoms with Gasteiger partial charge in [-0.15, -0.1) is 0 Å². The Morgan fingerprint density at radius 2 is 1.85 bits per heavy atom. The van der Waals surface area contributed by atoms with Crippen molar-refractivity contribution >= 4 is 19.7 Å². The van der Waals surface area contributed by atoms with E-state index in [2.05, 4.69) is 0 Å². The SMILES string of the molecule is O=S(=O)(Cl)C1(CCCCCO)CC1. The first kappa shape index (κ1) is 11.3. The lowest BCUT2D eigenvalue weighted by Crippen LogP contribution is -2.17. The van der Waals surface area contributed by atoms with Crippen molar-refractivity contribution in [3.05, 3.63) is 0 Å². The van der Waals surface area contributed by atoms with Crippen molar-refractivity contribution in [1.82, 2.24) is 0 Å². The molecule has 1 aliphatic rings. The van der Waals surface area contributed by atoms with Gasteiger partial charge in [0, 0.05) is 17.3 Å². The summed E-state index contributed by atoms with van der Waals surface area (Å²) in [5, 5.41) is 8.53. The highest BCUT2D eigenvalue weighted by molar-refractivity contribution is 8.15. The summed E-state index contributed by atoms with van der Waals surface area (Å²) in [4.78, 5) is 0. The highest BCUT2D eigenvalue weighted by Crippen LogP contribution is 2.49. The first-order valence-corrected chi connectivity index (χ1v) is 6.88. The number of aliphatic hydroxyl groups excluding tert-OH is 1. The molecule has 0 bridgehead atoms. The van der Waals surface area contributed by atoms with Gasteiger partial charge in [0.1, 0.15) is 0 Å². The van der Waals surface area contributed by atoms with Crippen molar-refractivity contribution in [3.8, 4) is 0 Å². The molecular weight excluding hydrogens is 212 g/mol. The maximum atomic E-state index is 11.1. The van der Waals surface area contributed by atoms with Crippen LogP contribution in [0.4, 0.5) is 0 Å². The van der Waals surface area contributed by atoms with Gasteiger partial charge in [0.25, 0.3) is 0 Å².